The normalized spacial score (nSPS) is 9.30. The fourth-order valence-electron chi connectivity index (χ4n) is 0.499. The highest BCUT2D eigenvalue weighted by Gasteiger charge is 1.96. The Hall–Kier alpha value is -0.420. The lowest BCUT2D eigenvalue weighted by Gasteiger charge is -1.89. The average molecular weight is 221 g/mol. The summed E-state index contributed by atoms with van der Waals surface area (Å²) in [5, 5.41) is 3.43. The number of halogens is 1. The van der Waals surface area contributed by atoms with Gasteiger partial charge in [0.2, 0.25) is 6.41 Å². The largest absolute Gasteiger partial charge is 0.352 e. The van der Waals surface area contributed by atoms with E-state index < -0.39 is 0 Å². The molecule has 0 fully saturated rings. The van der Waals surface area contributed by atoms with Crippen LogP contribution >= 0.6 is 27.3 Å². The first-order valence-corrected chi connectivity index (χ1v) is 4.21. The second-order valence-corrected chi connectivity index (χ2v) is 4.05. The van der Waals surface area contributed by atoms with E-state index >= 15 is 0 Å². The Morgan fingerprint density at radius 1 is 1.90 bits per heavy atom. The lowest BCUT2D eigenvalue weighted by Crippen LogP contribution is -2.08. The maximum Gasteiger partial charge on any atom is 0.207 e. The first kappa shape index (κ1) is 7.68. The molecule has 0 radical (unpaired) electrons. The van der Waals surface area contributed by atoms with E-state index in [0.717, 1.165) is 8.79 Å². The summed E-state index contributed by atoms with van der Waals surface area (Å²) >= 11 is 4.78. The van der Waals surface area contributed by atoms with Gasteiger partial charge in [-0.2, -0.15) is 0 Å². The van der Waals surface area contributed by atoms with E-state index in [0.29, 0.717) is 13.0 Å². The van der Waals surface area contributed by atoms with Crippen molar-refractivity contribution in [1.29, 1.82) is 0 Å². The molecular weight excluding hydrogens is 216 g/mol. The van der Waals surface area contributed by atoms with Gasteiger partial charge in [0.25, 0.3) is 0 Å². The average Bonchev–Trinajstić information content (AvgIpc) is 2.31. The van der Waals surface area contributed by atoms with Gasteiger partial charge in [0.15, 0.2) is 0 Å². The van der Waals surface area contributed by atoms with Crippen LogP contribution in [0, 0.1) is 0 Å². The van der Waals surface area contributed by atoms with Crippen LogP contribution < -0.4 is 5.32 Å². The highest BCUT2D eigenvalue weighted by Crippen LogP contribution is 2.18. The number of hydrogen-bond donors (Lipinski definition) is 1. The summed E-state index contributed by atoms with van der Waals surface area (Å²) < 4.78 is 0.982. The van der Waals surface area contributed by atoms with Gasteiger partial charge in [-0.25, -0.2) is 4.98 Å². The Morgan fingerprint density at radius 2 is 2.70 bits per heavy atom. The molecule has 1 aromatic rings. The summed E-state index contributed by atoms with van der Waals surface area (Å²) in [4.78, 5) is 13.8. The van der Waals surface area contributed by atoms with Crippen molar-refractivity contribution in [3.8, 4) is 0 Å². The van der Waals surface area contributed by atoms with Crippen molar-refractivity contribution in [2.24, 2.45) is 0 Å². The molecule has 1 heterocycles. The molecule has 1 amide bonds. The van der Waals surface area contributed by atoms with Crippen molar-refractivity contribution < 1.29 is 4.79 Å². The van der Waals surface area contributed by atoms with Gasteiger partial charge in [0, 0.05) is 0 Å². The summed E-state index contributed by atoms with van der Waals surface area (Å²) in [5.74, 6) is 0. The van der Waals surface area contributed by atoms with Crippen LogP contribution in [0.25, 0.3) is 0 Å². The number of aromatic nitrogens is 1. The van der Waals surface area contributed by atoms with Crippen LogP contribution in [0.2, 0.25) is 0 Å². The van der Waals surface area contributed by atoms with Crippen LogP contribution in [0.15, 0.2) is 9.98 Å². The Balaban J connectivity index is 2.49. The Bertz CT molecular complexity index is 225. The van der Waals surface area contributed by atoms with Crippen LogP contribution in [0.1, 0.15) is 5.01 Å². The summed E-state index contributed by atoms with van der Waals surface area (Å²) in [6.07, 6.45) is 2.38. The summed E-state index contributed by atoms with van der Waals surface area (Å²) in [6, 6.07) is 0. The molecule has 1 N–H and O–H groups in total. The van der Waals surface area contributed by atoms with Crippen molar-refractivity contribution >= 4 is 33.7 Å². The summed E-state index contributed by atoms with van der Waals surface area (Å²) in [7, 11) is 0. The van der Waals surface area contributed by atoms with Gasteiger partial charge in [-0.1, -0.05) is 0 Å². The summed E-state index contributed by atoms with van der Waals surface area (Å²) in [6.45, 7) is 0.514. The van der Waals surface area contributed by atoms with Gasteiger partial charge in [-0.15, -0.1) is 11.3 Å². The Labute approximate surface area is 70.6 Å². The Morgan fingerprint density at radius 3 is 3.20 bits per heavy atom. The standard InChI is InChI=1S/C5H5BrN2OS/c6-4-1-8-5(10-4)2-7-3-9/h1,3H,2H2,(H,7,9). The Kier molecular flexibility index (Phi) is 2.82. The minimum atomic E-state index is 0.514. The topological polar surface area (TPSA) is 42.0 Å². The SMILES string of the molecule is O=CNCc1ncc(Br)s1. The number of carbonyl (C=O) groups excluding carboxylic acids is 1. The number of thiazole rings is 1. The van der Waals surface area contributed by atoms with Gasteiger partial charge < -0.3 is 5.32 Å². The number of nitrogens with zero attached hydrogens (tertiary/aromatic N) is 1. The molecule has 0 aliphatic rings. The van der Waals surface area contributed by atoms with E-state index in [1.807, 2.05) is 0 Å². The first-order valence-electron chi connectivity index (χ1n) is 2.60. The molecule has 0 saturated carbocycles. The van der Waals surface area contributed by atoms with Crippen molar-refractivity contribution in [3.63, 3.8) is 0 Å². The smallest absolute Gasteiger partial charge is 0.207 e. The van der Waals surface area contributed by atoms with Crippen molar-refractivity contribution in [3.05, 3.63) is 15.0 Å². The molecule has 0 bridgehead atoms. The van der Waals surface area contributed by atoms with Crippen molar-refractivity contribution in [2.75, 3.05) is 0 Å². The van der Waals surface area contributed by atoms with Crippen molar-refractivity contribution in [1.82, 2.24) is 10.3 Å². The second-order valence-electron chi connectivity index (χ2n) is 1.56. The second kappa shape index (κ2) is 3.68. The number of amides is 1. The van der Waals surface area contributed by atoms with Crippen LogP contribution in [-0.2, 0) is 11.3 Å². The lowest BCUT2D eigenvalue weighted by atomic mass is 10.7. The molecule has 1 aromatic heterocycles. The lowest BCUT2D eigenvalue weighted by molar-refractivity contribution is -0.109. The number of hydrogen-bond acceptors (Lipinski definition) is 3. The summed E-state index contributed by atoms with van der Waals surface area (Å²) in [5.41, 5.74) is 0. The predicted molar refractivity (Wildman–Crippen MR) is 42.7 cm³/mol. The van der Waals surface area contributed by atoms with E-state index in [4.69, 9.17) is 0 Å². The molecule has 1 rings (SSSR count). The third kappa shape index (κ3) is 2.07. The van der Waals surface area contributed by atoms with E-state index in [-0.39, 0.29) is 0 Å². The minimum Gasteiger partial charge on any atom is -0.352 e. The van der Waals surface area contributed by atoms with E-state index in [9.17, 15) is 4.79 Å². The van der Waals surface area contributed by atoms with E-state index in [1.54, 1.807) is 6.20 Å². The molecule has 0 aromatic carbocycles. The zero-order valence-corrected chi connectivity index (χ0v) is 7.41. The van der Waals surface area contributed by atoms with Gasteiger partial charge in [-0.05, 0) is 15.9 Å². The molecule has 54 valence electrons. The third-order valence-corrected chi connectivity index (χ3v) is 2.34. The van der Waals surface area contributed by atoms with Crippen LogP contribution in [0.5, 0.6) is 0 Å². The molecule has 0 unspecified atom stereocenters. The zero-order chi connectivity index (χ0) is 7.40. The highest BCUT2D eigenvalue weighted by molar-refractivity contribution is 9.11. The molecule has 0 atom stereocenters. The predicted octanol–water partition coefficient (Wildman–Crippen LogP) is 1.15. The number of rotatable bonds is 3. The highest BCUT2D eigenvalue weighted by atomic mass is 79.9. The molecule has 0 spiro atoms. The van der Waals surface area contributed by atoms with Crippen LogP contribution in [0.3, 0.4) is 0 Å². The molecule has 10 heavy (non-hydrogen) atoms. The maximum absolute atomic E-state index is 9.84. The molecule has 5 heteroatoms. The van der Waals surface area contributed by atoms with E-state index in [2.05, 4.69) is 26.2 Å². The minimum absolute atomic E-state index is 0.514. The van der Waals surface area contributed by atoms with Gasteiger partial charge in [-0.3, -0.25) is 4.79 Å². The number of nitrogens with one attached hydrogen (secondary N) is 1. The van der Waals surface area contributed by atoms with Gasteiger partial charge in [0.05, 0.1) is 16.5 Å². The zero-order valence-electron chi connectivity index (χ0n) is 5.00. The fourth-order valence-corrected chi connectivity index (χ4v) is 1.75. The van der Waals surface area contributed by atoms with Crippen LogP contribution in [0.4, 0.5) is 0 Å². The first-order chi connectivity index (χ1) is 4.83. The van der Waals surface area contributed by atoms with Gasteiger partial charge in [0.1, 0.15) is 5.01 Å². The van der Waals surface area contributed by atoms with Crippen LogP contribution in [-0.4, -0.2) is 11.4 Å². The molecule has 3 nitrogen and oxygen atoms in total. The van der Waals surface area contributed by atoms with Crippen molar-refractivity contribution in [2.45, 2.75) is 6.54 Å². The number of carbonyl (C=O) groups is 1. The van der Waals surface area contributed by atoms with E-state index in [1.165, 1.54) is 11.3 Å². The monoisotopic (exact) mass is 220 g/mol. The third-order valence-electron chi connectivity index (χ3n) is 0.862. The molecule has 0 saturated heterocycles. The van der Waals surface area contributed by atoms with Gasteiger partial charge >= 0.3 is 0 Å². The molecule has 0 aliphatic heterocycles. The quantitative estimate of drug-likeness (QED) is 0.778. The molecular formula is C5H5BrN2OS. The molecule has 0 aliphatic carbocycles. The maximum atomic E-state index is 9.84. The fraction of sp³-hybridized carbons (Fsp3) is 0.200.